The van der Waals surface area contributed by atoms with Gasteiger partial charge in [-0.1, -0.05) is 0 Å². The number of hydrogen-bond donors (Lipinski definition) is 1. The zero-order valence-corrected chi connectivity index (χ0v) is 17.4. The van der Waals surface area contributed by atoms with Crippen molar-refractivity contribution in [1.82, 2.24) is 25.2 Å². The lowest BCUT2D eigenvalue weighted by molar-refractivity contribution is -0.135. The van der Waals surface area contributed by atoms with E-state index in [1.165, 1.54) is 5.56 Å². The maximum absolute atomic E-state index is 13.0. The smallest absolute Gasteiger partial charge is 0.227 e. The molecule has 0 aliphatic carbocycles. The number of anilines is 1. The van der Waals surface area contributed by atoms with Gasteiger partial charge in [0.2, 0.25) is 5.91 Å². The van der Waals surface area contributed by atoms with Crippen LogP contribution in [0.4, 0.5) is 5.82 Å². The van der Waals surface area contributed by atoms with Gasteiger partial charge in [0.05, 0.1) is 11.6 Å². The van der Waals surface area contributed by atoms with Crippen molar-refractivity contribution in [3.05, 3.63) is 35.8 Å². The molecule has 7 heteroatoms. The molecule has 7 nitrogen and oxygen atoms in total. The number of piperidine rings is 1. The fourth-order valence-corrected chi connectivity index (χ4v) is 4.40. The van der Waals surface area contributed by atoms with Gasteiger partial charge < -0.3 is 15.1 Å². The van der Waals surface area contributed by atoms with Gasteiger partial charge in [-0.05, 0) is 51.8 Å². The van der Waals surface area contributed by atoms with Crippen LogP contribution in [0.1, 0.15) is 37.9 Å². The molecule has 1 fully saturated rings. The number of hydrogen-bond acceptors (Lipinski definition) is 6. The largest absolute Gasteiger partial charge is 0.355 e. The molecule has 1 saturated heterocycles. The number of nitrogens with one attached hydrogen (secondary N) is 1. The van der Waals surface area contributed by atoms with Crippen molar-refractivity contribution in [2.24, 2.45) is 5.92 Å². The summed E-state index contributed by atoms with van der Waals surface area (Å²) in [6.45, 7) is 9.02. The van der Waals surface area contributed by atoms with E-state index >= 15 is 0 Å². The van der Waals surface area contributed by atoms with Gasteiger partial charge in [0.25, 0.3) is 0 Å². The minimum absolute atomic E-state index is 0.0420. The molecule has 2 aromatic heterocycles. The topological polar surface area (TPSA) is 74.2 Å². The highest BCUT2D eigenvalue weighted by Gasteiger charge is 2.31. The molecule has 0 unspecified atom stereocenters. The molecule has 4 heterocycles. The van der Waals surface area contributed by atoms with Crippen LogP contribution in [-0.4, -0.2) is 58.5 Å². The lowest BCUT2D eigenvalue weighted by Gasteiger charge is -2.37. The minimum Gasteiger partial charge on any atom is -0.355 e. The molecule has 2 aliphatic rings. The number of carbonyl (C=O) groups excluding carboxylic acids is 1. The summed E-state index contributed by atoms with van der Waals surface area (Å²) in [5.74, 6) is 2.07. The summed E-state index contributed by atoms with van der Waals surface area (Å²) in [6.07, 6.45) is 6.44. The van der Waals surface area contributed by atoms with Crippen molar-refractivity contribution in [3.63, 3.8) is 0 Å². The summed E-state index contributed by atoms with van der Waals surface area (Å²) in [4.78, 5) is 31.2. The number of aromatic nitrogens is 3. The monoisotopic (exact) mass is 394 g/mol. The zero-order chi connectivity index (χ0) is 20.2. The van der Waals surface area contributed by atoms with Crippen LogP contribution in [0.2, 0.25) is 0 Å². The van der Waals surface area contributed by atoms with Crippen LogP contribution in [0.15, 0.2) is 24.5 Å². The highest BCUT2D eigenvalue weighted by molar-refractivity contribution is 5.80. The second-order valence-electron chi connectivity index (χ2n) is 7.75. The Morgan fingerprint density at radius 3 is 2.79 bits per heavy atom. The summed E-state index contributed by atoms with van der Waals surface area (Å²) in [6, 6.07) is 3.90. The van der Waals surface area contributed by atoms with Gasteiger partial charge in [0, 0.05) is 56.2 Å². The zero-order valence-electron chi connectivity index (χ0n) is 17.4. The van der Waals surface area contributed by atoms with Crippen LogP contribution >= 0.6 is 0 Å². The predicted molar refractivity (Wildman–Crippen MR) is 114 cm³/mol. The molecular weight excluding hydrogens is 364 g/mol. The standard InChI is InChI=1S/C22H30N6O/c1-3-27(4-2)22(29)17-6-5-13-28(15-17)21-18-9-12-24-14-19(18)25-20(26-21)16-7-10-23-11-8-16/h7-8,10-11,17,24H,3-6,9,12-15H2,1-2H3/t17-/m1/s1. The number of amides is 1. The van der Waals surface area contributed by atoms with Crippen LogP contribution in [0.3, 0.4) is 0 Å². The molecule has 0 radical (unpaired) electrons. The molecule has 29 heavy (non-hydrogen) atoms. The molecule has 0 bridgehead atoms. The number of nitrogens with zero attached hydrogens (tertiary/aromatic N) is 5. The molecular formula is C22H30N6O. The van der Waals surface area contributed by atoms with Crippen molar-refractivity contribution < 1.29 is 4.79 Å². The number of rotatable bonds is 5. The first-order valence-electron chi connectivity index (χ1n) is 10.8. The van der Waals surface area contributed by atoms with E-state index in [1.54, 1.807) is 12.4 Å². The maximum atomic E-state index is 13.0. The normalized spacial score (nSPS) is 19.0. The van der Waals surface area contributed by atoms with Crippen LogP contribution < -0.4 is 10.2 Å². The van der Waals surface area contributed by atoms with Gasteiger partial charge in [-0.15, -0.1) is 0 Å². The number of pyridine rings is 1. The van der Waals surface area contributed by atoms with E-state index in [-0.39, 0.29) is 11.8 Å². The molecule has 4 rings (SSSR count). The summed E-state index contributed by atoms with van der Waals surface area (Å²) in [7, 11) is 0. The second-order valence-corrected chi connectivity index (χ2v) is 7.75. The van der Waals surface area contributed by atoms with E-state index in [9.17, 15) is 4.79 Å². The Hall–Kier alpha value is -2.54. The van der Waals surface area contributed by atoms with E-state index in [0.29, 0.717) is 0 Å². The highest BCUT2D eigenvalue weighted by Crippen LogP contribution is 2.31. The summed E-state index contributed by atoms with van der Waals surface area (Å²) >= 11 is 0. The fraction of sp³-hybridized carbons (Fsp3) is 0.545. The first-order valence-corrected chi connectivity index (χ1v) is 10.8. The molecule has 1 N–H and O–H groups in total. The first-order chi connectivity index (χ1) is 14.2. The average Bonchev–Trinajstić information content (AvgIpc) is 2.79. The van der Waals surface area contributed by atoms with Gasteiger partial charge in [-0.2, -0.15) is 0 Å². The van der Waals surface area contributed by atoms with Gasteiger partial charge >= 0.3 is 0 Å². The predicted octanol–water partition coefficient (Wildman–Crippen LogP) is 2.27. The van der Waals surface area contributed by atoms with Gasteiger partial charge in [-0.25, -0.2) is 9.97 Å². The van der Waals surface area contributed by atoms with Crippen LogP contribution in [0.5, 0.6) is 0 Å². The maximum Gasteiger partial charge on any atom is 0.227 e. The third-order valence-corrected chi connectivity index (χ3v) is 6.00. The third-order valence-electron chi connectivity index (χ3n) is 6.00. The van der Waals surface area contributed by atoms with Crippen LogP contribution in [0.25, 0.3) is 11.4 Å². The van der Waals surface area contributed by atoms with Crippen molar-refractivity contribution in [3.8, 4) is 11.4 Å². The molecule has 2 aliphatic heterocycles. The van der Waals surface area contributed by atoms with Gasteiger partial charge in [-0.3, -0.25) is 9.78 Å². The summed E-state index contributed by atoms with van der Waals surface area (Å²) in [5, 5.41) is 3.42. The van der Waals surface area contributed by atoms with E-state index in [0.717, 1.165) is 81.4 Å². The summed E-state index contributed by atoms with van der Waals surface area (Å²) < 4.78 is 0. The number of fused-ring (bicyclic) bond motifs is 1. The van der Waals surface area contributed by atoms with Crippen molar-refractivity contribution in [2.75, 3.05) is 37.6 Å². The van der Waals surface area contributed by atoms with Crippen LogP contribution in [-0.2, 0) is 17.8 Å². The molecule has 2 aromatic rings. The van der Waals surface area contributed by atoms with Gasteiger partial charge in [0.1, 0.15) is 5.82 Å². The number of carbonyl (C=O) groups is 1. The molecule has 0 spiro atoms. The lowest BCUT2D eigenvalue weighted by Crippen LogP contribution is -2.45. The van der Waals surface area contributed by atoms with E-state index in [1.807, 2.05) is 17.0 Å². The molecule has 0 aromatic carbocycles. The van der Waals surface area contributed by atoms with Crippen LogP contribution in [0, 0.1) is 5.92 Å². The van der Waals surface area contributed by atoms with E-state index in [2.05, 4.69) is 29.0 Å². The average molecular weight is 395 g/mol. The highest BCUT2D eigenvalue weighted by atomic mass is 16.2. The Bertz CT molecular complexity index is 852. The molecule has 0 saturated carbocycles. The molecule has 1 atom stereocenters. The Morgan fingerprint density at radius 2 is 2.03 bits per heavy atom. The van der Waals surface area contributed by atoms with Crippen molar-refractivity contribution in [2.45, 2.75) is 39.7 Å². The fourth-order valence-electron chi connectivity index (χ4n) is 4.40. The Morgan fingerprint density at radius 1 is 1.24 bits per heavy atom. The van der Waals surface area contributed by atoms with Crippen molar-refractivity contribution >= 4 is 11.7 Å². The Labute approximate surface area is 172 Å². The Kier molecular flexibility index (Phi) is 6.04. The van der Waals surface area contributed by atoms with Gasteiger partial charge in [0.15, 0.2) is 5.82 Å². The SMILES string of the molecule is CCN(CC)C(=O)[C@@H]1CCCN(c2nc(-c3ccncc3)nc3c2CCNC3)C1. The molecule has 154 valence electrons. The van der Waals surface area contributed by atoms with E-state index < -0.39 is 0 Å². The Balaban J connectivity index is 1.67. The quantitative estimate of drug-likeness (QED) is 0.839. The van der Waals surface area contributed by atoms with Crippen molar-refractivity contribution in [1.29, 1.82) is 0 Å². The molecule has 1 amide bonds. The second kappa shape index (κ2) is 8.86. The first kappa shape index (κ1) is 19.8. The lowest BCUT2D eigenvalue weighted by atomic mass is 9.95. The third kappa shape index (κ3) is 4.10. The summed E-state index contributed by atoms with van der Waals surface area (Å²) in [5.41, 5.74) is 3.28. The minimum atomic E-state index is 0.0420. The van der Waals surface area contributed by atoms with E-state index in [4.69, 9.17) is 9.97 Å².